The van der Waals surface area contributed by atoms with Crippen molar-refractivity contribution in [2.24, 2.45) is 0 Å². The molecule has 1 N–H and O–H groups in total. The second-order valence-electron chi connectivity index (χ2n) is 3.02. The first-order valence-electron chi connectivity index (χ1n) is 4.22. The summed E-state index contributed by atoms with van der Waals surface area (Å²) in [5, 5.41) is 9.70. The van der Waals surface area contributed by atoms with E-state index in [1.807, 2.05) is 18.2 Å². The van der Waals surface area contributed by atoms with Crippen molar-refractivity contribution in [1.29, 1.82) is 0 Å². The third kappa shape index (κ3) is 1.67. The van der Waals surface area contributed by atoms with E-state index in [2.05, 4.69) is 22.6 Å². The van der Waals surface area contributed by atoms with Crippen LogP contribution in [0.4, 0.5) is 0 Å². The molecule has 0 saturated carbocycles. The van der Waals surface area contributed by atoms with Crippen LogP contribution in [0.1, 0.15) is 10.4 Å². The van der Waals surface area contributed by atoms with Crippen LogP contribution in [0.15, 0.2) is 24.4 Å². The van der Waals surface area contributed by atoms with Crippen LogP contribution in [0.5, 0.6) is 0 Å². The van der Waals surface area contributed by atoms with Crippen molar-refractivity contribution in [1.82, 2.24) is 4.73 Å². The Bertz CT molecular complexity index is 533. The zero-order valence-electron chi connectivity index (χ0n) is 7.90. The summed E-state index contributed by atoms with van der Waals surface area (Å²) in [6.07, 6.45) is 1.48. The maximum Gasteiger partial charge on any atom is 0.338 e. The van der Waals surface area contributed by atoms with Crippen molar-refractivity contribution in [3.05, 3.63) is 33.5 Å². The maximum atomic E-state index is 11.0. The maximum absolute atomic E-state index is 11.0. The smallest absolute Gasteiger partial charge is 0.338 e. The Morgan fingerprint density at radius 3 is 2.87 bits per heavy atom. The fourth-order valence-electron chi connectivity index (χ4n) is 1.49. The van der Waals surface area contributed by atoms with Gasteiger partial charge in [-0.3, -0.25) is 0 Å². The van der Waals surface area contributed by atoms with E-state index in [-0.39, 0.29) is 5.56 Å². The first-order valence-corrected chi connectivity index (χ1v) is 5.29. The van der Waals surface area contributed by atoms with Gasteiger partial charge in [0.15, 0.2) is 0 Å². The van der Waals surface area contributed by atoms with Crippen molar-refractivity contribution in [3.63, 3.8) is 0 Å². The van der Waals surface area contributed by atoms with Crippen molar-refractivity contribution < 1.29 is 14.7 Å². The highest BCUT2D eigenvalue weighted by molar-refractivity contribution is 14.1. The fraction of sp³-hybridized carbons (Fsp3) is 0.100. The Balaban J connectivity index is 2.81. The van der Waals surface area contributed by atoms with Gasteiger partial charge < -0.3 is 9.94 Å². The Kier molecular flexibility index (Phi) is 2.56. The lowest BCUT2D eigenvalue weighted by Crippen LogP contribution is -2.03. The molecule has 2 rings (SSSR count). The highest BCUT2D eigenvalue weighted by Gasteiger charge is 2.14. The van der Waals surface area contributed by atoms with Gasteiger partial charge in [0.05, 0.1) is 17.3 Å². The van der Waals surface area contributed by atoms with E-state index in [0.717, 1.165) is 9.09 Å². The molecular weight excluding hydrogens is 309 g/mol. The van der Waals surface area contributed by atoms with Crippen LogP contribution in [-0.2, 0) is 0 Å². The van der Waals surface area contributed by atoms with E-state index in [9.17, 15) is 4.79 Å². The standard InChI is InChI=1S/C10H8INO3/c1-15-12-5-8(10(13)14)7-4-6(11)2-3-9(7)12/h2-5H,1H3,(H,13,14). The van der Waals surface area contributed by atoms with E-state index < -0.39 is 5.97 Å². The summed E-state index contributed by atoms with van der Waals surface area (Å²) < 4.78 is 2.45. The van der Waals surface area contributed by atoms with E-state index in [4.69, 9.17) is 9.94 Å². The number of nitrogens with zero attached hydrogens (tertiary/aromatic N) is 1. The number of carboxylic acid groups (broad SMARTS) is 1. The average molecular weight is 317 g/mol. The molecule has 0 unspecified atom stereocenters. The Hall–Kier alpha value is -1.24. The van der Waals surface area contributed by atoms with Gasteiger partial charge in [0.2, 0.25) is 0 Å². The van der Waals surface area contributed by atoms with Gasteiger partial charge in [-0.15, -0.1) is 0 Å². The summed E-state index contributed by atoms with van der Waals surface area (Å²) in [4.78, 5) is 16.0. The van der Waals surface area contributed by atoms with E-state index >= 15 is 0 Å². The molecule has 0 aliphatic heterocycles. The number of aromatic carboxylic acids is 1. The van der Waals surface area contributed by atoms with Crippen molar-refractivity contribution in [2.45, 2.75) is 0 Å². The molecule has 0 radical (unpaired) electrons. The van der Waals surface area contributed by atoms with Crippen LogP contribution in [0, 0.1) is 3.57 Å². The van der Waals surface area contributed by atoms with Gasteiger partial charge in [-0.05, 0) is 40.8 Å². The molecule has 0 aliphatic carbocycles. The minimum Gasteiger partial charge on any atom is -0.478 e. The lowest BCUT2D eigenvalue weighted by atomic mass is 10.2. The van der Waals surface area contributed by atoms with Crippen LogP contribution in [0.25, 0.3) is 10.9 Å². The number of carbonyl (C=O) groups is 1. The van der Waals surface area contributed by atoms with Crippen molar-refractivity contribution in [3.8, 4) is 0 Å². The molecule has 4 nitrogen and oxygen atoms in total. The molecule has 0 bridgehead atoms. The lowest BCUT2D eigenvalue weighted by Gasteiger charge is -2.00. The zero-order chi connectivity index (χ0) is 11.0. The van der Waals surface area contributed by atoms with Gasteiger partial charge in [0, 0.05) is 8.96 Å². The number of halogens is 1. The SMILES string of the molecule is COn1cc(C(=O)O)c2cc(I)ccc21. The minimum atomic E-state index is -0.946. The van der Waals surface area contributed by atoms with Gasteiger partial charge >= 0.3 is 5.97 Å². The largest absolute Gasteiger partial charge is 0.478 e. The molecule has 0 spiro atoms. The summed E-state index contributed by atoms with van der Waals surface area (Å²) in [6.45, 7) is 0. The van der Waals surface area contributed by atoms with Crippen LogP contribution in [0.2, 0.25) is 0 Å². The van der Waals surface area contributed by atoms with E-state index in [1.54, 1.807) is 0 Å². The molecule has 1 aromatic heterocycles. The third-order valence-corrected chi connectivity index (χ3v) is 2.83. The summed E-state index contributed by atoms with van der Waals surface area (Å²) in [5.41, 5.74) is 1.01. The fourth-order valence-corrected chi connectivity index (χ4v) is 1.99. The summed E-state index contributed by atoms with van der Waals surface area (Å²) >= 11 is 2.15. The van der Waals surface area contributed by atoms with Gasteiger partial charge in [0.1, 0.15) is 7.11 Å². The Labute approximate surface area is 99.5 Å². The highest BCUT2D eigenvalue weighted by Crippen LogP contribution is 2.22. The quantitative estimate of drug-likeness (QED) is 0.862. The second kappa shape index (κ2) is 3.73. The average Bonchev–Trinajstić information content (AvgIpc) is 2.55. The number of carboxylic acids is 1. The summed E-state index contributed by atoms with van der Waals surface area (Å²) in [6, 6.07) is 5.58. The number of hydrogen-bond donors (Lipinski definition) is 1. The lowest BCUT2D eigenvalue weighted by molar-refractivity contribution is 0.0696. The number of fused-ring (bicyclic) bond motifs is 1. The van der Waals surface area contributed by atoms with Crippen LogP contribution in [0.3, 0.4) is 0 Å². The molecule has 2 aromatic rings. The molecule has 0 atom stereocenters. The van der Waals surface area contributed by atoms with E-state index in [0.29, 0.717) is 5.39 Å². The Morgan fingerprint density at radius 1 is 1.53 bits per heavy atom. The first-order chi connectivity index (χ1) is 7.13. The molecule has 0 fully saturated rings. The molecule has 1 heterocycles. The first kappa shape index (κ1) is 10.3. The number of aromatic nitrogens is 1. The number of rotatable bonds is 2. The molecular formula is C10H8INO3. The minimum absolute atomic E-state index is 0.255. The van der Waals surface area contributed by atoms with Crippen molar-refractivity contribution >= 4 is 39.5 Å². The van der Waals surface area contributed by atoms with Crippen LogP contribution in [-0.4, -0.2) is 22.9 Å². The normalized spacial score (nSPS) is 10.5. The third-order valence-electron chi connectivity index (χ3n) is 2.16. The van der Waals surface area contributed by atoms with Gasteiger partial charge in [-0.2, -0.15) is 4.73 Å². The molecule has 15 heavy (non-hydrogen) atoms. The van der Waals surface area contributed by atoms with Crippen molar-refractivity contribution in [2.75, 3.05) is 7.11 Å². The molecule has 0 saturated heterocycles. The number of benzene rings is 1. The molecule has 5 heteroatoms. The van der Waals surface area contributed by atoms with Gasteiger partial charge in [-0.1, -0.05) is 0 Å². The Morgan fingerprint density at radius 2 is 2.27 bits per heavy atom. The van der Waals surface area contributed by atoms with Gasteiger partial charge in [0.25, 0.3) is 0 Å². The predicted molar refractivity (Wildman–Crippen MR) is 64.1 cm³/mol. The topological polar surface area (TPSA) is 51.5 Å². The molecule has 1 aromatic carbocycles. The number of hydrogen-bond acceptors (Lipinski definition) is 2. The highest BCUT2D eigenvalue weighted by atomic mass is 127. The second-order valence-corrected chi connectivity index (χ2v) is 4.26. The molecule has 0 amide bonds. The molecule has 0 aliphatic rings. The van der Waals surface area contributed by atoms with Crippen LogP contribution >= 0.6 is 22.6 Å². The summed E-state index contributed by atoms with van der Waals surface area (Å²) in [7, 11) is 1.50. The molecule has 78 valence electrons. The van der Waals surface area contributed by atoms with E-state index in [1.165, 1.54) is 18.0 Å². The monoisotopic (exact) mass is 317 g/mol. The zero-order valence-corrected chi connectivity index (χ0v) is 10.1. The predicted octanol–water partition coefficient (Wildman–Crippen LogP) is 2.00. The van der Waals surface area contributed by atoms with Crippen LogP contribution < -0.4 is 4.84 Å². The van der Waals surface area contributed by atoms with Gasteiger partial charge in [-0.25, -0.2) is 4.79 Å². The summed E-state index contributed by atoms with van der Waals surface area (Å²) in [5.74, 6) is -0.946.